The highest BCUT2D eigenvalue weighted by Crippen LogP contribution is 2.49. The van der Waals surface area contributed by atoms with Crippen molar-refractivity contribution in [1.29, 1.82) is 0 Å². The quantitative estimate of drug-likeness (QED) is 0.443. The number of nitrogens with two attached hydrogens (primary N) is 1. The zero-order valence-electron chi connectivity index (χ0n) is 17.9. The largest absolute Gasteiger partial charge is 0.453 e. The van der Waals surface area contributed by atoms with Gasteiger partial charge < -0.3 is 14.9 Å². The summed E-state index contributed by atoms with van der Waals surface area (Å²) < 4.78 is 21.5. The first-order valence-electron chi connectivity index (χ1n) is 10.5. The molecule has 0 atom stereocenters. The van der Waals surface area contributed by atoms with Crippen LogP contribution in [-0.4, -0.2) is 21.2 Å². The first-order valence-corrected chi connectivity index (χ1v) is 10.5. The van der Waals surface area contributed by atoms with Crippen LogP contribution in [0.3, 0.4) is 0 Å². The predicted octanol–water partition coefficient (Wildman–Crippen LogP) is 4.50. The van der Waals surface area contributed by atoms with E-state index in [-0.39, 0.29) is 0 Å². The Morgan fingerprint density at radius 1 is 1.12 bits per heavy atom. The summed E-state index contributed by atoms with van der Waals surface area (Å²) in [5.74, 6) is -0.331. The number of primary amides is 1. The SMILES string of the molecule is Cc1cc(Oc2cccn3ccnc23)ccc1N(C(=O)C1(C(N)=O)CC1)c1ccc(F)cc1. The lowest BCUT2D eigenvalue weighted by Gasteiger charge is -2.28. The normalized spacial score (nSPS) is 14.1. The van der Waals surface area contributed by atoms with Gasteiger partial charge in [-0.05, 0) is 79.9 Å². The predicted molar refractivity (Wildman–Crippen MR) is 121 cm³/mol. The van der Waals surface area contributed by atoms with Gasteiger partial charge in [0.2, 0.25) is 11.8 Å². The molecule has 1 aliphatic rings. The lowest BCUT2D eigenvalue weighted by Crippen LogP contribution is -2.41. The van der Waals surface area contributed by atoms with Crippen LogP contribution in [0.2, 0.25) is 0 Å². The third kappa shape index (κ3) is 3.59. The van der Waals surface area contributed by atoms with Crippen LogP contribution < -0.4 is 15.4 Å². The number of pyridine rings is 1. The number of carbonyl (C=O) groups excluding carboxylic acids is 2. The molecule has 2 amide bonds. The molecular formula is C25H21FN4O3. The van der Waals surface area contributed by atoms with E-state index in [4.69, 9.17) is 10.5 Å². The molecule has 1 fully saturated rings. The number of hydrogen-bond donors (Lipinski definition) is 1. The van der Waals surface area contributed by atoms with Crippen LogP contribution in [0.4, 0.5) is 15.8 Å². The third-order valence-electron chi connectivity index (χ3n) is 5.94. The molecule has 33 heavy (non-hydrogen) atoms. The first kappa shape index (κ1) is 20.7. The average molecular weight is 444 g/mol. The fourth-order valence-corrected chi connectivity index (χ4v) is 3.93. The molecule has 7 nitrogen and oxygen atoms in total. The van der Waals surface area contributed by atoms with Gasteiger partial charge in [-0.1, -0.05) is 0 Å². The molecule has 0 radical (unpaired) electrons. The molecular weight excluding hydrogens is 423 g/mol. The summed E-state index contributed by atoms with van der Waals surface area (Å²) in [6, 6.07) is 14.5. The zero-order chi connectivity index (χ0) is 23.2. The number of halogens is 1. The average Bonchev–Trinajstić information content (AvgIpc) is 3.48. The number of imidazole rings is 1. The van der Waals surface area contributed by atoms with Crippen LogP contribution in [0.1, 0.15) is 18.4 Å². The molecule has 1 saturated carbocycles. The van der Waals surface area contributed by atoms with Crippen LogP contribution in [0.25, 0.3) is 5.65 Å². The number of benzene rings is 2. The van der Waals surface area contributed by atoms with Crippen molar-refractivity contribution >= 4 is 28.8 Å². The molecule has 2 aromatic carbocycles. The minimum atomic E-state index is -1.23. The van der Waals surface area contributed by atoms with Crippen molar-refractivity contribution in [3.63, 3.8) is 0 Å². The van der Waals surface area contributed by atoms with E-state index in [1.54, 1.807) is 24.4 Å². The van der Waals surface area contributed by atoms with E-state index in [9.17, 15) is 14.0 Å². The van der Waals surface area contributed by atoms with Gasteiger partial charge in [-0.25, -0.2) is 9.37 Å². The standard InChI is InChI=1S/C25H21FN4O3/c1-16-15-19(33-21-3-2-13-29-14-12-28-22(21)29)8-9-20(16)30(18-6-4-17(26)5-7-18)24(32)25(10-11-25)23(27)31/h2-9,12-15H,10-11H2,1H3,(H2,27,31). The second-order valence-electron chi connectivity index (χ2n) is 8.14. The Bertz CT molecular complexity index is 1380. The van der Waals surface area contributed by atoms with E-state index in [1.807, 2.05) is 35.9 Å². The van der Waals surface area contributed by atoms with Crippen molar-refractivity contribution < 1.29 is 18.7 Å². The van der Waals surface area contributed by atoms with Crippen molar-refractivity contribution in [2.75, 3.05) is 4.90 Å². The number of ether oxygens (including phenoxy) is 1. The van der Waals surface area contributed by atoms with E-state index in [1.165, 1.54) is 29.2 Å². The summed E-state index contributed by atoms with van der Waals surface area (Å²) in [5, 5.41) is 0. The highest BCUT2D eigenvalue weighted by Gasteiger charge is 2.57. The number of aromatic nitrogens is 2. The van der Waals surface area contributed by atoms with Gasteiger partial charge in [0.25, 0.3) is 0 Å². The Hall–Kier alpha value is -4.20. The Morgan fingerprint density at radius 2 is 1.88 bits per heavy atom. The number of anilines is 2. The number of rotatable bonds is 6. The summed E-state index contributed by atoms with van der Waals surface area (Å²) in [6.07, 6.45) is 6.19. The fourth-order valence-electron chi connectivity index (χ4n) is 3.93. The zero-order valence-corrected chi connectivity index (χ0v) is 17.9. The second-order valence-corrected chi connectivity index (χ2v) is 8.14. The van der Waals surface area contributed by atoms with E-state index < -0.39 is 23.0 Å². The molecule has 5 rings (SSSR count). The number of amides is 2. The third-order valence-corrected chi connectivity index (χ3v) is 5.94. The van der Waals surface area contributed by atoms with Gasteiger partial charge in [0.15, 0.2) is 11.4 Å². The Labute approximate surface area is 189 Å². The number of hydrogen-bond acceptors (Lipinski definition) is 4. The molecule has 4 aromatic rings. The Kier molecular flexibility index (Phi) is 4.85. The van der Waals surface area contributed by atoms with Crippen LogP contribution in [0, 0.1) is 18.2 Å². The van der Waals surface area contributed by atoms with Crippen LogP contribution in [0.15, 0.2) is 73.2 Å². The summed E-state index contributed by atoms with van der Waals surface area (Å²) in [6.45, 7) is 1.84. The summed E-state index contributed by atoms with van der Waals surface area (Å²) in [4.78, 5) is 31.3. The topological polar surface area (TPSA) is 89.9 Å². The molecule has 2 aromatic heterocycles. The number of aryl methyl sites for hydroxylation is 1. The van der Waals surface area contributed by atoms with Gasteiger partial charge in [0.05, 0.1) is 5.69 Å². The number of carbonyl (C=O) groups is 2. The van der Waals surface area contributed by atoms with Crippen LogP contribution in [0.5, 0.6) is 11.5 Å². The molecule has 0 aliphatic heterocycles. The van der Waals surface area contributed by atoms with Gasteiger partial charge in [0, 0.05) is 24.3 Å². The van der Waals surface area contributed by atoms with E-state index in [0.717, 1.165) is 5.56 Å². The minimum absolute atomic E-state index is 0.396. The van der Waals surface area contributed by atoms with Gasteiger partial charge in [0.1, 0.15) is 17.0 Å². The second kappa shape index (κ2) is 7.74. The van der Waals surface area contributed by atoms with Crippen molar-refractivity contribution in [3.8, 4) is 11.5 Å². The maximum Gasteiger partial charge on any atom is 0.247 e. The maximum atomic E-state index is 13.6. The van der Waals surface area contributed by atoms with Gasteiger partial charge in [-0.15, -0.1) is 0 Å². The van der Waals surface area contributed by atoms with E-state index in [0.29, 0.717) is 41.4 Å². The Morgan fingerprint density at radius 3 is 2.55 bits per heavy atom. The van der Waals surface area contributed by atoms with Crippen molar-refractivity contribution in [1.82, 2.24) is 9.38 Å². The molecule has 0 bridgehead atoms. The number of fused-ring (bicyclic) bond motifs is 1. The van der Waals surface area contributed by atoms with Crippen LogP contribution >= 0.6 is 0 Å². The minimum Gasteiger partial charge on any atom is -0.453 e. The van der Waals surface area contributed by atoms with E-state index in [2.05, 4.69) is 4.98 Å². The maximum absolute atomic E-state index is 13.6. The monoisotopic (exact) mass is 444 g/mol. The lowest BCUT2D eigenvalue weighted by atomic mass is 10.0. The molecule has 1 aliphatic carbocycles. The highest BCUT2D eigenvalue weighted by atomic mass is 19.1. The van der Waals surface area contributed by atoms with Gasteiger partial charge >= 0.3 is 0 Å². The molecule has 0 saturated heterocycles. The molecule has 166 valence electrons. The van der Waals surface area contributed by atoms with Crippen molar-refractivity contribution in [2.24, 2.45) is 11.1 Å². The smallest absolute Gasteiger partial charge is 0.247 e. The molecule has 0 spiro atoms. The van der Waals surface area contributed by atoms with Crippen molar-refractivity contribution in [2.45, 2.75) is 19.8 Å². The van der Waals surface area contributed by atoms with Gasteiger partial charge in [-0.2, -0.15) is 0 Å². The van der Waals surface area contributed by atoms with Crippen molar-refractivity contribution in [3.05, 3.63) is 84.6 Å². The van der Waals surface area contributed by atoms with Gasteiger partial charge in [-0.3, -0.25) is 14.5 Å². The van der Waals surface area contributed by atoms with E-state index >= 15 is 0 Å². The molecule has 2 N–H and O–H groups in total. The number of nitrogens with zero attached hydrogens (tertiary/aromatic N) is 3. The fraction of sp³-hybridized carbons (Fsp3) is 0.160. The summed E-state index contributed by atoms with van der Waals surface area (Å²) in [7, 11) is 0. The van der Waals surface area contributed by atoms with Crippen LogP contribution in [-0.2, 0) is 9.59 Å². The molecule has 8 heteroatoms. The molecule has 2 heterocycles. The molecule has 0 unspecified atom stereocenters. The lowest BCUT2D eigenvalue weighted by molar-refractivity contribution is -0.133. The first-order chi connectivity index (χ1) is 15.9. The Balaban J connectivity index is 1.53. The highest BCUT2D eigenvalue weighted by molar-refractivity contribution is 6.16. The summed E-state index contributed by atoms with van der Waals surface area (Å²) >= 11 is 0. The summed E-state index contributed by atoms with van der Waals surface area (Å²) in [5.41, 5.74) is 6.76.